The Labute approximate surface area is 213 Å². The summed E-state index contributed by atoms with van der Waals surface area (Å²) in [5, 5.41) is 27.9. The standard InChI is InChI=1S/C20H24N6O8S2/c1-20(2,18(31)32)34-24-11(9-7-36-19(21)22-9)14(27)23-12-15(28)26-13(17(29)30)8(6-35-16(12)26)10-4-5-25(3)33-10/h7,10,12,16H,4-6H2,1-3H3,(H2,21,22)(H,23,27)(H,29,30)(H,31,32)/b24-11-/t10-,12?,16?/m0/s1. The van der Waals surface area contributed by atoms with E-state index in [1.165, 1.54) is 31.0 Å². The average Bonchev–Trinajstić information content (AvgIpc) is 3.44. The second-order valence-electron chi connectivity index (χ2n) is 8.69. The van der Waals surface area contributed by atoms with Gasteiger partial charge in [-0.05, 0) is 20.3 Å². The van der Waals surface area contributed by atoms with Crippen molar-refractivity contribution in [3.8, 4) is 0 Å². The van der Waals surface area contributed by atoms with Crippen molar-refractivity contribution in [3.63, 3.8) is 0 Å². The lowest BCUT2D eigenvalue weighted by Gasteiger charge is -2.49. The van der Waals surface area contributed by atoms with Gasteiger partial charge < -0.3 is 26.1 Å². The first-order valence-electron chi connectivity index (χ1n) is 10.7. The smallest absolute Gasteiger partial charge is 0.352 e. The third-order valence-electron chi connectivity index (χ3n) is 5.75. The summed E-state index contributed by atoms with van der Waals surface area (Å²) in [6, 6.07) is -1.04. The predicted molar refractivity (Wildman–Crippen MR) is 128 cm³/mol. The van der Waals surface area contributed by atoms with Crippen LogP contribution in [0.2, 0.25) is 0 Å². The van der Waals surface area contributed by atoms with E-state index in [0.29, 0.717) is 24.3 Å². The van der Waals surface area contributed by atoms with Crippen molar-refractivity contribution in [2.24, 2.45) is 5.16 Å². The topological polar surface area (TPSA) is 197 Å². The second kappa shape index (κ2) is 9.68. The Kier molecular flexibility index (Phi) is 6.96. The van der Waals surface area contributed by atoms with Crippen LogP contribution in [0.25, 0.3) is 0 Å². The molecule has 1 aromatic rings. The van der Waals surface area contributed by atoms with E-state index in [1.807, 2.05) is 0 Å². The first kappa shape index (κ1) is 25.9. The highest BCUT2D eigenvalue weighted by molar-refractivity contribution is 8.00. The largest absolute Gasteiger partial charge is 0.478 e. The van der Waals surface area contributed by atoms with Crippen LogP contribution in [0.4, 0.5) is 5.13 Å². The van der Waals surface area contributed by atoms with Crippen LogP contribution < -0.4 is 11.1 Å². The Bertz CT molecular complexity index is 1180. The normalized spacial score (nSPS) is 24.9. The van der Waals surface area contributed by atoms with E-state index >= 15 is 0 Å². The van der Waals surface area contributed by atoms with E-state index in [-0.39, 0.29) is 22.2 Å². The van der Waals surface area contributed by atoms with Gasteiger partial charge in [0.05, 0.1) is 0 Å². The highest BCUT2D eigenvalue weighted by atomic mass is 32.2. The number of nitrogens with one attached hydrogen (secondary N) is 1. The van der Waals surface area contributed by atoms with E-state index in [1.54, 1.807) is 12.1 Å². The molecule has 3 aliphatic heterocycles. The zero-order valence-electron chi connectivity index (χ0n) is 19.5. The molecule has 16 heteroatoms. The number of thiazole rings is 1. The van der Waals surface area contributed by atoms with Crippen LogP contribution in [-0.2, 0) is 28.9 Å². The van der Waals surface area contributed by atoms with Crippen molar-refractivity contribution in [1.29, 1.82) is 0 Å². The van der Waals surface area contributed by atoms with Gasteiger partial charge in [-0.15, -0.1) is 23.1 Å². The SMILES string of the molecule is CN1CC[C@@H](C2=C(C(=O)O)N3C(=O)C(NC(=O)/C(=N\OC(C)(C)C(=O)O)c4csc(N)n4)C3SC2)O1. The molecular formula is C20H24N6O8S2. The van der Waals surface area contributed by atoms with Gasteiger partial charge >= 0.3 is 11.9 Å². The molecular weight excluding hydrogens is 516 g/mol. The fraction of sp³-hybridized carbons (Fsp3) is 0.500. The summed E-state index contributed by atoms with van der Waals surface area (Å²) in [6.45, 7) is 3.13. The maximum atomic E-state index is 13.1. The molecule has 0 spiro atoms. The number of nitrogens with zero attached hydrogens (tertiary/aromatic N) is 4. The Morgan fingerprint density at radius 3 is 2.64 bits per heavy atom. The number of carbonyl (C=O) groups excluding carboxylic acids is 2. The number of β-lactam (4-membered cyclic amide) rings is 1. The quantitative estimate of drug-likeness (QED) is 0.191. The number of amides is 2. The molecule has 0 aliphatic carbocycles. The Balaban J connectivity index is 1.55. The van der Waals surface area contributed by atoms with Crippen LogP contribution in [-0.4, -0.2) is 97.1 Å². The van der Waals surface area contributed by atoms with E-state index in [2.05, 4.69) is 15.5 Å². The number of oxime groups is 1. The fourth-order valence-electron chi connectivity index (χ4n) is 3.76. The van der Waals surface area contributed by atoms with Gasteiger partial charge in [-0.2, -0.15) is 5.06 Å². The molecule has 3 aliphatic rings. The number of aliphatic carboxylic acids is 2. The number of rotatable bonds is 8. The van der Waals surface area contributed by atoms with Gasteiger partial charge in [-0.3, -0.25) is 19.3 Å². The first-order valence-corrected chi connectivity index (χ1v) is 12.6. The molecule has 4 heterocycles. The number of carboxylic acid groups (broad SMARTS) is 2. The predicted octanol–water partition coefficient (Wildman–Crippen LogP) is -0.316. The van der Waals surface area contributed by atoms with Crippen molar-refractivity contribution < 1.29 is 39.1 Å². The van der Waals surface area contributed by atoms with Crippen molar-refractivity contribution in [2.75, 3.05) is 25.1 Å². The molecule has 1 aromatic heterocycles. The number of nitrogens with two attached hydrogens (primary N) is 1. The molecule has 2 amide bonds. The van der Waals surface area contributed by atoms with E-state index in [4.69, 9.17) is 15.4 Å². The zero-order valence-corrected chi connectivity index (χ0v) is 21.1. The molecule has 3 atom stereocenters. The van der Waals surface area contributed by atoms with Gasteiger partial charge in [0.2, 0.25) is 5.60 Å². The first-order chi connectivity index (χ1) is 16.9. The molecule has 194 valence electrons. The van der Waals surface area contributed by atoms with Gasteiger partial charge in [0, 0.05) is 30.3 Å². The van der Waals surface area contributed by atoms with Crippen LogP contribution in [0, 0.1) is 0 Å². The van der Waals surface area contributed by atoms with Crippen molar-refractivity contribution in [3.05, 3.63) is 22.3 Å². The monoisotopic (exact) mass is 540 g/mol. The minimum Gasteiger partial charge on any atom is -0.478 e. The third kappa shape index (κ3) is 4.76. The molecule has 0 aromatic carbocycles. The average molecular weight is 541 g/mol. The summed E-state index contributed by atoms with van der Waals surface area (Å²) in [5.74, 6) is -3.72. The number of hydrogen-bond donors (Lipinski definition) is 4. The number of carbonyl (C=O) groups is 4. The highest BCUT2D eigenvalue weighted by Crippen LogP contribution is 2.42. The molecule has 4 rings (SSSR count). The Hall–Kier alpha value is -3.21. The maximum absolute atomic E-state index is 13.1. The minimum atomic E-state index is -1.75. The summed E-state index contributed by atoms with van der Waals surface area (Å²) in [4.78, 5) is 65.5. The number of hydroxylamine groups is 2. The molecule has 0 bridgehead atoms. The number of anilines is 1. The summed E-state index contributed by atoms with van der Waals surface area (Å²) >= 11 is 2.34. The highest BCUT2D eigenvalue weighted by Gasteiger charge is 2.55. The molecule has 2 unspecified atom stereocenters. The van der Waals surface area contributed by atoms with Gasteiger partial charge in [-0.25, -0.2) is 14.6 Å². The Morgan fingerprint density at radius 1 is 1.36 bits per heavy atom. The van der Waals surface area contributed by atoms with E-state index in [0.717, 1.165) is 16.2 Å². The molecule has 0 saturated carbocycles. The van der Waals surface area contributed by atoms with Crippen LogP contribution in [0.5, 0.6) is 0 Å². The van der Waals surface area contributed by atoms with Crippen LogP contribution in [0.1, 0.15) is 26.0 Å². The van der Waals surface area contributed by atoms with E-state index < -0.39 is 46.9 Å². The minimum absolute atomic E-state index is 0.0343. The van der Waals surface area contributed by atoms with Gasteiger partial charge in [-0.1, -0.05) is 5.16 Å². The lowest BCUT2D eigenvalue weighted by atomic mass is 9.99. The number of nitrogen functional groups attached to an aromatic ring is 1. The van der Waals surface area contributed by atoms with Crippen LogP contribution in [0.3, 0.4) is 0 Å². The summed E-state index contributed by atoms with van der Waals surface area (Å²) < 4.78 is 0. The zero-order chi connectivity index (χ0) is 26.4. The summed E-state index contributed by atoms with van der Waals surface area (Å²) in [6.07, 6.45) is 0.152. The lowest BCUT2D eigenvalue weighted by Crippen LogP contribution is -2.71. The number of thioether (sulfide) groups is 1. The molecule has 2 saturated heterocycles. The fourth-order valence-corrected chi connectivity index (χ4v) is 5.71. The summed E-state index contributed by atoms with van der Waals surface area (Å²) in [5.41, 5.74) is 3.95. The number of hydrogen-bond acceptors (Lipinski definition) is 12. The number of carboxylic acids is 2. The van der Waals surface area contributed by atoms with Crippen molar-refractivity contribution >= 4 is 57.7 Å². The molecule has 5 N–H and O–H groups in total. The number of aromatic nitrogens is 1. The molecule has 36 heavy (non-hydrogen) atoms. The summed E-state index contributed by atoms with van der Waals surface area (Å²) in [7, 11) is 1.75. The van der Waals surface area contributed by atoms with Gasteiger partial charge in [0.15, 0.2) is 10.8 Å². The number of fused-ring (bicyclic) bond motifs is 1. The van der Waals surface area contributed by atoms with Crippen molar-refractivity contribution in [2.45, 2.75) is 43.4 Å². The lowest BCUT2D eigenvalue weighted by molar-refractivity contribution is -0.161. The van der Waals surface area contributed by atoms with Crippen LogP contribution in [0.15, 0.2) is 21.8 Å². The van der Waals surface area contributed by atoms with E-state index in [9.17, 15) is 29.4 Å². The molecule has 2 fully saturated rings. The maximum Gasteiger partial charge on any atom is 0.352 e. The second-order valence-corrected chi connectivity index (χ2v) is 10.7. The third-order valence-corrected chi connectivity index (χ3v) is 7.72. The van der Waals surface area contributed by atoms with Gasteiger partial charge in [0.25, 0.3) is 11.8 Å². The Morgan fingerprint density at radius 2 is 2.08 bits per heavy atom. The molecule has 0 radical (unpaired) electrons. The van der Waals surface area contributed by atoms with Crippen molar-refractivity contribution in [1.82, 2.24) is 20.3 Å². The van der Waals surface area contributed by atoms with Gasteiger partial charge in [0.1, 0.15) is 28.9 Å². The van der Waals surface area contributed by atoms with Crippen LogP contribution >= 0.6 is 23.1 Å². The molecule has 14 nitrogen and oxygen atoms in total.